The molecule has 7 heteroatoms. The van der Waals surface area contributed by atoms with Gasteiger partial charge in [-0.25, -0.2) is 0 Å². The second-order valence-electron chi connectivity index (χ2n) is 6.01. The lowest BCUT2D eigenvalue weighted by molar-refractivity contribution is 0.100. The molecule has 0 aliphatic heterocycles. The standard InChI is InChI=1S/C21H16ClN3O3/c1-13(26)14-3-2-4-19(10-14)25-21(28)16-9-15(11-23-12-16)20(27)24-18-7-5-17(22)6-8-18/h2-12H,1H3,(H,24,27)(H,25,28). The zero-order valence-electron chi connectivity index (χ0n) is 14.9. The maximum atomic E-state index is 12.5. The van der Waals surface area contributed by atoms with Gasteiger partial charge in [0.2, 0.25) is 0 Å². The third-order valence-corrected chi connectivity index (χ3v) is 4.14. The van der Waals surface area contributed by atoms with Gasteiger partial charge in [-0.3, -0.25) is 19.4 Å². The largest absolute Gasteiger partial charge is 0.322 e. The summed E-state index contributed by atoms with van der Waals surface area (Å²) in [5, 5.41) is 5.97. The van der Waals surface area contributed by atoms with Crippen LogP contribution in [0.1, 0.15) is 38.0 Å². The van der Waals surface area contributed by atoms with Crippen LogP contribution in [0.4, 0.5) is 11.4 Å². The Hall–Kier alpha value is -3.51. The van der Waals surface area contributed by atoms with Gasteiger partial charge in [0.25, 0.3) is 11.8 Å². The van der Waals surface area contributed by atoms with Crippen LogP contribution >= 0.6 is 11.6 Å². The van der Waals surface area contributed by atoms with Gasteiger partial charge in [-0.15, -0.1) is 0 Å². The monoisotopic (exact) mass is 393 g/mol. The number of carbonyl (C=O) groups is 3. The van der Waals surface area contributed by atoms with E-state index in [0.717, 1.165) is 0 Å². The normalized spacial score (nSPS) is 10.2. The Labute approximate surface area is 166 Å². The summed E-state index contributed by atoms with van der Waals surface area (Å²) in [6.07, 6.45) is 2.74. The molecule has 3 rings (SSSR count). The fourth-order valence-electron chi connectivity index (χ4n) is 2.44. The third kappa shape index (κ3) is 4.81. The quantitative estimate of drug-likeness (QED) is 0.627. The molecular weight excluding hydrogens is 378 g/mol. The lowest BCUT2D eigenvalue weighted by atomic mass is 10.1. The number of benzene rings is 2. The number of hydrogen-bond donors (Lipinski definition) is 2. The topological polar surface area (TPSA) is 88.2 Å². The van der Waals surface area contributed by atoms with Crippen LogP contribution in [0.25, 0.3) is 0 Å². The zero-order valence-corrected chi connectivity index (χ0v) is 15.7. The number of carbonyl (C=O) groups excluding carboxylic acids is 3. The van der Waals surface area contributed by atoms with Crippen molar-refractivity contribution in [2.45, 2.75) is 6.92 Å². The molecule has 2 aromatic carbocycles. The van der Waals surface area contributed by atoms with Crippen molar-refractivity contribution >= 4 is 40.6 Å². The molecule has 0 saturated heterocycles. The predicted molar refractivity (Wildman–Crippen MR) is 108 cm³/mol. The highest BCUT2D eigenvalue weighted by Crippen LogP contribution is 2.16. The molecule has 140 valence electrons. The summed E-state index contributed by atoms with van der Waals surface area (Å²) in [5.41, 5.74) is 2.00. The Morgan fingerprint density at radius 1 is 0.786 bits per heavy atom. The average molecular weight is 394 g/mol. The molecule has 3 aromatic rings. The van der Waals surface area contributed by atoms with Crippen LogP contribution < -0.4 is 10.6 Å². The number of amides is 2. The summed E-state index contributed by atoms with van der Waals surface area (Å²) in [7, 11) is 0. The first-order valence-corrected chi connectivity index (χ1v) is 8.74. The summed E-state index contributed by atoms with van der Waals surface area (Å²) < 4.78 is 0. The number of hydrogen-bond acceptors (Lipinski definition) is 4. The summed E-state index contributed by atoms with van der Waals surface area (Å²) in [5.74, 6) is -0.934. The van der Waals surface area contributed by atoms with Crippen LogP contribution in [0.2, 0.25) is 5.02 Å². The smallest absolute Gasteiger partial charge is 0.257 e. The Morgan fingerprint density at radius 3 is 2.00 bits per heavy atom. The number of nitrogens with one attached hydrogen (secondary N) is 2. The van der Waals surface area contributed by atoms with E-state index in [9.17, 15) is 14.4 Å². The van der Waals surface area contributed by atoms with E-state index >= 15 is 0 Å². The maximum absolute atomic E-state index is 12.5. The first-order chi connectivity index (χ1) is 13.4. The van der Waals surface area contributed by atoms with Gasteiger partial charge in [-0.05, 0) is 49.4 Å². The fourth-order valence-corrected chi connectivity index (χ4v) is 2.57. The lowest BCUT2D eigenvalue weighted by Gasteiger charge is -2.08. The molecule has 0 atom stereocenters. The highest BCUT2D eigenvalue weighted by atomic mass is 35.5. The molecule has 0 radical (unpaired) electrons. The molecule has 0 unspecified atom stereocenters. The van der Waals surface area contributed by atoms with Gasteiger partial charge >= 0.3 is 0 Å². The zero-order chi connectivity index (χ0) is 20.1. The number of nitrogens with zero attached hydrogens (tertiary/aromatic N) is 1. The summed E-state index contributed by atoms with van der Waals surface area (Å²) >= 11 is 5.83. The van der Waals surface area contributed by atoms with Crippen molar-refractivity contribution in [3.8, 4) is 0 Å². The van der Waals surface area contributed by atoms with E-state index in [-0.39, 0.29) is 16.9 Å². The maximum Gasteiger partial charge on any atom is 0.257 e. The Bertz CT molecular complexity index is 1050. The van der Waals surface area contributed by atoms with Crippen molar-refractivity contribution < 1.29 is 14.4 Å². The highest BCUT2D eigenvalue weighted by Gasteiger charge is 2.12. The van der Waals surface area contributed by atoms with Crippen molar-refractivity contribution in [2.24, 2.45) is 0 Å². The van der Waals surface area contributed by atoms with Crippen LogP contribution in [0.5, 0.6) is 0 Å². The van der Waals surface area contributed by atoms with Gasteiger partial charge in [0.1, 0.15) is 0 Å². The number of rotatable bonds is 5. The third-order valence-electron chi connectivity index (χ3n) is 3.89. The Kier molecular flexibility index (Phi) is 5.81. The molecule has 1 aromatic heterocycles. The van der Waals surface area contributed by atoms with E-state index in [2.05, 4.69) is 15.6 Å². The minimum Gasteiger partial charge on any atom is -0.322 e. The highest BCUT2D eigenvalue weighted by molar-refractivity contribution is 6.30. The van der Waals surface area contributed by atoms with Gasteiger partial charge in [0.15, 0.2) is 5.78 Å². The molecule has 2 amide bonds. The second kappa shape index (κ2) is 8.45. The van der Waals surface area contributed by atoms with Gasteiger partial charge in [0.05, 0.1) is 11.1 Å². The minimum absolute atomic E-state index is 0.0985. The number of Topliss-reactive ketones (excluding diaryl/α,β-unsaturated/α-hetero) is 1. The first kappa shape index (κ1) is 19.3. The molecular formula is C21H16ClN3O3. The van der Waals surface area contributed by atoms with E-state index in [1.165, 1.54) is 25.4 Å². The van der Waals surface area contributed by atoms with E-state index in [0.29, 0.717) is 22.0 Å². The molecule has 0 saturated carbocycles. The lowest BCUT2D eigenvalue weighted by Crippen LogP contribution is -2.16. The molecule has 0 spiro atoms. The van der Waals surface area contributed by atoms with Crippen LogP contribution in [-0.4, -0.2) is 22.6 Å². The molecule has 2 N–H and O–H groups in total. The van der Waals surface area contributed by atoms with Gasteiger partial charge in [0, 0.05) is 34.4 Å². The van der Waals surface area contributed by atoms with Crippen molar-refractivity contribution in [2.75, 3.05) is 10.6 Å². The van der Waals surface area contributed by atoms with Crippen LogP contribution in [-0.2, 0) is 0 Å². The predicted octanol–water partition coefficient (Wildman–Crippen LogP) is 4.44. The van der Waals surface area contributed by atoms with E-state index in [4.69, 9.17) is 11.6 Å². The minimum atomic E-state index is -0.436. The van der Waals surface area contributed by atoms with Crippen LogP contribution in [0.15, 0.2) is 67.0 Å². The Balaban J connectivity index is 1.74. The molecule has 1 heterocycles. The van der Waals surface area contributed by atoms with E-state index < -0.39 is 11.8 Å². The number of halogens is 1. The summed E-state index contributed by atoms with van der Waals surface area (Å²) in [6.45, 7) is 1.45. The van der Waals surface area contributed by atoms with Crippen molar-refractivity contribution in [1.29, 1.82) is 0 Å². The fraction of sp³-hybridized carbons (Fsp3) is 0.0476. The summed E-state index contributed by atoms with van der Waals surface area (Å²) in [6, 6.07) is 14.7. The van der Waals surface area contributed by atoms with Crippen LogP contribution in [0, 0.1) is 0 Å². The molecule has 28 heavy (non-hydrogen) atoms. The Morgan fingerprint density at radius 2 is 1.39 bits per heavy atom. The number of aromatic nitrogens is 1. The molecule has 0 aliphatic carbocycles. The number of anilines is 2. The second-order valence-corrected chi connectivity index (χ2v) is 6.45. The van der Waals surface area contributed by atoms with Gasteiger partial charge < -0.3 is 10.6 Å². The van der Waals surface area contributed by atoms with E-state index in [1.54, 1.807) is 48.5 Å². The van der Waals surface area contributed by atoms with Gasteiger partial charge in [-0.1, -0.05) is 23.7 Å². The number of ketones is 1. The summed E-state index contributed by atoms with van der Waals surface area (Å²) in [4.78, 5) is 40.3. The van der Waals surface area contributed by atoms with Crippen LogP contribution in [0.3, 0.4) is 0 Å². The average Bonchev–Trinajstić information content (AvgIpc) is 2.70. The number of pyridine rings is 1. The van der Waals surface area contributed by atoms with E-state index in [1.807, 2.05) is 0 Å². The van der Waals surface area contributed by atoms with Crippen molar-refractivity contribution in [3.63, 3.8) is 0 Å². The molecule has 0 fully saturated rings. The van der Waals surface area contributed by atoms with Crippen molar-refractivity contribution in [1.82, 2.24) is 4.98 Å². The van der Waals surface area contributed by atoms with Gasteiger partial charge in [-0.2, -0.15) is 0 Å². The molecule has 0 aliphatic rings. The molecule has 0 bridgehead atoms. The van der Waals surface area contributed by atoms with Crippen molar-refractivity contribution in [3.05, 3.63) is 88.7 Å². The first-order valence-electron chi connectivity index (χ1n) is 8.37. The molecule has 6 nitrogen and oxygen atoms in total. The SMILES string of the molecule is CC(=O)c1cccc(NC(=O)c2cncc(C(=O)Nc3ccc(Cl)cc3)c2)c1.